The molecule has 0 amide bonds. The highest BCUT2D eigenvalue weighted by Crippen LogP contribution is 2.08. The molecule has 2 heteroatoms. The van der Waals surface area contributed by atoms with E-state index in [0.717, 1.165) is 6.42 Å². The highest BCUT2D eigenvalue weighted by molar-refractivity contribution is 6.19. The van der Waals surface area contributed by atoms with E-state index < -0.39 is 0 Å². The second kappa shape index (κ2) is 6.37. The van der Waals surface area contributed by atoms with Crippen LogP contribution in [0.5, 0.6) is 0 Å². The van der Waals surface area contributed by atoms with E-state index in [1.807, 2.05) is 0 Å². The van der Waals surface area contributed by atoms with Crippen molar-refractivity contribution >= 4 is 11.6 Å². The Morgan fingerprint density at radius 3 is 2.56 bits per heavy atom. The summed E-state index contributed by atoms with van der Waals surface area (Å²) in [5.41, 5.74) is -0.0726. The Morgan fingerprint density at radius 2 is 2.11 bits per heavy atom. The summed E-state index contributed by atoms with van der Waals surface area (Å²) in [6.45, 7) is 2.18. The minimum Gasteiger partial charge on any atom is -0.366 e. The second-order valence-corrected chi connectivity index (χ2v) is 2.63. The predicted octanol–water partition coefficient (Wildman–Crippen LogP) is 2.78. The minimum atomic E-state index is -0.0726. The Bertz CT molecular complexity index is 56.9. The van der Waals surface area contributed by atoms with Crippen LogP contribution in [0.15, 0.2) is 0 Å². The van der Waals surface area contributed by atoms with Gasteiger partial charge in [0.1, 0.15) is 5.56 Å². The zero-order valence-electron chi connectivity index (χ0n) is 6.19. The number of hydrogen-bond donors (Lipinski definition) is 0. The van der Waals surface area contributed by atoms with Crippen LogP contribution in [-0.2, 0) is 4.74 Å². The number of unbranched alkanes of at least 4 members (excludes halogenated alkanes) is 2. The average Bonchev–Trinajstić information content (AvgIpc) is 1.89. The van der Waals surface area contributed by atoms with Crippen molar-refractivity contribution in [2.24, 2.45) is 0 Å². The SMILES string of the molecule is CCCCCC(Cl)OC. The molecule has 0 rings (SSSR count). The molecule has 1 nitrogen and oxygen atoms in total. The summed E-state index contributed by atoms with van der Waals surface area (Å²) in [5.74, 6) is 0. The lowest BCUT2D eigenvalue weighted by atomic mass is 10.2. The highest BCUT2D eigenvalue weighted by Gasteiger charge is 1.98. The molecule has 0 aliphatic rings. The molecule has 0 aromatic carbocycles. The van der Waals surface area contributed by atoms with E-state index in [-0.39, 0.29) is 5.56 Å². The first kappa shape index (κ1) is 9.25. The van der Waals surface area contributed by atoms with Crippen LogP contribution < -0.4 is 0 Å². The van der Waals surface area contributed by atoms with Crippen molar-refractivity contribution in [2.75, 3.05) is 7.11 Å². The first-order chi connectivity index (χ1) is 4.31. The van der Waals surface area contributed by atoms with E-state index in [1.165, 1.54) is 19.3 Å². The number of halogens is 1. The summed E-state index contributed by atoms with van der Waals surface area (Å²) < 4.78 is 4.86. The summed E-state index contributed by atoms with van der Waals surface area (Å²) >= 11 is 5.68. The Balaban J connectivity index is 2.88. The average molecular weight is 151 g/mol. The van der Waals surface area contributed by atoms with E-state index in [1.54, 1.807) is 7.11 Å². The van der Waals surface area contributed by atoms with Gasteiger partial charge in [-0.25, -0.2) is 0 Å². The molecule has 0 bridgehead atoms. The second-order valence-electron chi connectivity index (χ2n) is 2.14. The molecular weight excluding hydrogens is 136 g/mol. The molecule has 1 atom stereocenters. The van der Waals surface area contributed by atoms with E-state index in [9.17, 15) is 0 Å². The van der Waals surface area contributed by atoms with Gasteiger partial charge in [-0.3, -0.25) is 0 Å². The standard InChI is InChI=1S/C7H15ClO/c1-3-4-5-6-7(8)9-2/h7H,3-6H2,1-2H3. The molecule has 0 spiro atoms. The fourth-order valence-corrected chi connectivity index (χ4v) is 0.827. The normalized spacial score (nSPS) is 13.7. The van der Waals surface area contributed by atoms with Crippen LogP contribution in [-0.4, -0.2) is 12.7 Å². The van der Waals surface area contributed by atoms with Gasteiger partial charge in [0.2, 0.25) is 0 Å². The zero-order valence-corrected chi connectivity index (χ0v) is 6.95. The monoisotopic (exact) mass is 150 g/mol. The number of alkyl halides is 1. The van der Waals surface area contributed by atoms with E-state index in [4.69, 9.17) is 16.3 Å². The molecule has 0 aromatic heterocycles. The van der Waals surface area contributed by atoms with E-state index in [0.29, 0.717) is 0 Å². The van der Waals surface area contributed by atoms with Crippen molar-refractivity contribution < 1.29 is 4.74 Å². The molecule has 0 saturated heterocycles. The van der Waals surface area contributed by atoms with Crippen molar-refractivity contribution in [3.05, 3.63) is 0 Å². The number of methoxy groups -OCH3 is 1. The van der Waals surface area contributed by atoms with Crippen LogP contribution in [0.4, 0.5) is 0 Å². The van der Waals surface area contributed by atoms with Crippen LogP contribution in [0.25, 0.3) is 0 Å². The molecule has 0 heterocycles. The summed E-state index contributed by atoms with van der Waals surface area (Å²) in [6.07, 6.45) is 4.66. The highest BCUT2D eigenvalue weighted by atomic mass is 35.5. The maximum atomic E-state index is 5.68. The molecule has 56 valence electrons. The van der Waals surface area contributed by atoms with Gasteiger partial charge in [-0.15, -0.1) is 0 Å². The van der Waals surface area contributed by atoms with Gasteiger partial charge in [-0.2, -0.15) is 0 Å². The molecule has 0 aliphatic carbocycles. The Labute approximate surface area is 62.3 Å². The number of rotatable bonds is 5. The third kappa shape index (κ3) is 6.13. The zero-order chi connectivity index (χ0) is 7.11. The fraction of sp³-hybridized carbons (Fsp3) is 1.00. The van der Waals surface area contributed by atoms with Crippen LogP contribution in [0, 0.1) is 0 Å². The molecule has 1 unspecified atom stereocenters. The maximum absolute atomic E-state index is 5.68. The third-order valence-corrected chi connectivity index (χ3v) is 1.69. The van der Waals surface area contributed by atoms with Crippen molar-refractivity contribution in [3.63, 3.8) is 0 Å². The van der Waals surface area contributed by atoms with Gasteiger partial charge in [0.25, 0.3) is 0 Å². The predicted molar refractivity (Wildman–Crippen MR) is 40.8 cm³/mol. The molecule has 0 aliphatic heterocycles. The topological polar surface area (TPSA) is 9.23 Å². The molecule has 0 saturated carbocycles. The largest absolute Gasteiger partial charge is 0.366 e. The fourth-order valence-electron chi connectivity index (χ4n) is 0.673. The van der Waals surface area contributed by atoms with Gasteiger partial charge in [0.05, 0.1) is 0 Å². The lowest BCUT2D eigenvalue weighted by Crippen LogP contribution is -1.99. The van der Waals surface area contributed by atoms with Gasteiger partial charge in [0.15, 0.2) is 0 Å². The van der Waals surface area contributed by atoms with Crippen molar-refractivity contribution in [3.8, 4) is 0 Å². The van der Waals surface area contributed by atoms with Crippen LogP contribution in [0.1, 0.15) is 32.6 Å². The van der Waals surface area contributed by atoms with Gasteiger partial charge >= 0.3 is 0 Å². The van der Waals surface area contributed by atoms with Crippen molar-refractivity contribution in [1.29, 1.82) is 0 Å². The molecule has 0 radical (unpaired) electrons. The summed E-state index contributed by atoms with van der Waals surface area (Å²) in [6, 6.07) is 0. The van der Waals surface area contributed by atoms with Crippen molar-refractivity contribution in [2.45, 2.75) is 38.2 Å². The van der Waals surface area contributed by atoms with E-state index in [2.05, 4.69) is 6.92 Å². The Hall–Kier alpha value is 0.250. The van der Waals surface area contributed by atoms with Gasteiger partial charge < -0.3 is 4.74 Å². The number of hydrogen-bond acceptors (Lipinski definition) is 1. The van der Waals surface area contributed by atoms with Crippen LogP contribution >= 0.6 is 11.6 Å². The van der Waals surface area contributed by atoms with Gasteiger partial charge in [0, 0.05) is 7.11 Å². The molecule has 0 aromatic rings. The Morgan fingerprint density at radius 1 is 1.44 bits per heavy atom. The minimum absolute atomic E-state index is 0.0726. The quantitative estimate of drug-likeness (QED) is 0.433. The molecular formula is C7H15ClO. The lowest BCUT2D eigenvalue weighted by Gasteiger charge is -2.04. The summed E-state index contributed by atoms with van der Waals surface area (Å²) in [5, 5.41) is 0. The van der Waals surface area contributed by atoms with Crippen LogP contribution in [0.3, 0.4) is 0 Å². The smallest absolute Gasteiger partial charge is 0.130 e. The number of ether oxygens (including phenoxy) is 1. The Kier molecular flexibility index (Phi) is 6.55. The van der Waals surface area contributed by atoms with Crippen LogP contribution in [0.2, 0.25) is 0 Å². The van der Waals surface area contributed by atoms with Crippen molar-refractivity contribution in [1.82, 2.24) is 0 Å². The summed E-state index contributed by atoms with van der Waals surface area (Å²) in [4.78, 5) is 0. The third-order valence-electron chi connectivity index (χ3n) is 1.29. The summed E-state index contributed by atoms with van der Waals surface area (Å²) in [7, 11) is 1.64. The molecule has 0 fully saturated rings. The van der Waals surface area contributed by atoms with Gasteiger partial charge in [-0.1, -0.05) is 31.4 Å². The van der Waals surface area contributed by atoms with E-state index >= 15 is 0 Å². The first-order valence-corrected chi connectivity index (χ1v) is 3.91. The maximum Gasteiger partial charge on any atom is 0.130 e. The molecule has 0 N–H and O–H groups in total. The van der Waals surface area contributed by atoms with Gasteiger partial charge in [-0.05, 0) is 12.8 Å². The first-order valence-electron chi connectivity index (χ1n) is 3.48. The lowest BCUT2D eigenvalue weighted by molar-refractivity contribution is 0.157. The molecule has 9 heavy (non-hydrogen) atoms.